The molecule has 0 unspecified atom stereocenters. The van der Waals surface area contributed by atoms with Gasteiger partial charge in [0.15, 0.2) is 5.01 Å². The molecule has 2 rings (SSSR count). The predicted octanol–water partition coefficient (Wildman–Crippen LogP) is 3.52. The zero-order valence-corrected chi connectivity index (χ0v) is 10.2. The molecule has 0 bridgehead atoms. The molecule has 0 saturated heterocycles. The quantitative estimate of drug-likeness (QED) is 0.749. The Labute approximate surface area is 95.9 Å². The molecule has 0 amide bonds. The van der Waals surface area contributed by atoms with Crippen LogP contribution in [0.25, 0.3) is 9.88 Å². The highest BCUT2D eigenvalue weighted by Gasteiger charge is 2.06. The van der Waals surface area contributed by atoms with E-state index in [9.17, 15) is 0 Å². The van der Waals surface area contributed by atoms with Crippen LogP contribution in [0.1, 0.15) is 0 Å². The predicted molar refractivity (Wildman–Crippen MR) is 60.9 cm³/mol. The molecule has 2 aromatic heterocycles. The minimum absolute atomic E-state index is 0.787. The summed E-state index contributed by atoms with van der Waals surface area (Å²) in [5, 5.41) is 0.941. The van der Waals surface area contributed by atoms with Crippen molar-refractivity contribution >= 4 is 57.1 Å². The first-order valence-electron chi connectivity index (χ1n) is 3.00. The molecule has 0 aliphatic rings. The molecule has 2 aromatic rings. The Morgan fingerprint density at radius 1 is 1.42 bits per heavy atom. The van der Waals surface area contributed by atoms with Crippen LogP contribution >= 0.6 is 57.1 Å². The molecule has 0 aromatic carbocycles. The lowest BCUT2D eigenvalue weighted by atomic mass is 10.5. The number of aromatic nitrogens is 2. The lowest BCUT2D eigenvalue weighted by molar-refractivity contribution is 1.26. The highest BCUT2D eigenvalue weighted by Crippen LogP contribution is 2.31. The van der Waals surface area contributed by atoms with Crippen molar-refractivity contribution in [2.75, 3.05) is 0 Å². The Morgan fingerprint density at radius 3 is 2.75 bits per heavy atom. The van der Waals surface area contributed by atoms with E-state index in [4.69, 9.17) is 11.6 Å². The fourth-order valence-electron chi connectivity index (χ4n) is 0.735. The van der Waals surface area contributed by atoms with Crippen molar-refractivity contribution in [3.05, 3.63) is 20.3 Å². The first-order valence-corrected chi connectivity index (χ1v) is 6.05. The van der Waals surface area contributed by atoms with E-state index in [1.807, 2.05) is 12.1 Å². The average Bonchev–Trinajstić information content (AvgIpc) is 2.58. The number of hydrogen-bond donors (Lipinski definition) is 0. The number of rotatable bonds is 1. The highest BCUT2D eigenvalue weighted by molar-refractivity contribution is 14.1. The summed E-state index contributed by atoms with van der Waals surface area (Å²) in [4.78, 5) is 5.32. The van der Waals surface area contributed by atoms with Crippen molar-refractivity contribution in [3.63, 3.8) is 0 Å². The molecule has 2 nitrogen and oxygen atoms in total. The summed E-state index contributed by atoms with van der Waals surface area (Å²) in [5.74, 6) is 0. The molecule has 0 aliphatic carbocycles. The summed E-state index contributed by atoms with van der Waals surface area (Å²) in [6.45, 7) is 0. The SMILES string of the molecule is Clc1ccc(-c2nc(I)ns2)s1. The monoisotopic (exact) mass is 328 g/mol. The van der Waals surface area contributed by atoms with Crippen LogP contribution in [0.2, 0.25) is 4.34 Å². The first kappa shape index (κ1) is 8.86. The van der Waals surface area contributed by atoms with E-state index in [1.165, 1.54) is 22.9 Å². The van der Waals surface area contributed by atoms with Crippen molar-refractivity contribution in [1.29, 1.82) is 0 Å². The van der Waals surface area contributed by atoms with Crippen molar-refractivity contribution in [3.8, 4) is 9.88 Å². The van der Waals surface area contributed by atoms with Gasteiger partial charge in [-0.15, -0.1) is 11.3 Å². The van der Waals surface area contributed by atoms with Crippen LogP contribution in [0, 0.1) is 3.83 Å². The van der Waals surface area contributed by atoms with Crippen LogP contribution in [-0.2, 0) is 0 Å². The largest absolute Gasteiger partial charge is 0.209 e. The van der Waals surface area contributed by atoms with Crippen LogP contribution in [-0.4, -0.2) is 9.36 Å². The van der Waals surface area contributed by atoms with Gasteiger partial charge in [-0.2, -0.15) is 4.37 Å². The van der Waals surface area contributed by atoms with Gasteiger partial charge in [0.1, 0.15) is 0 Å². The second-order valence-electron chi connectivity index (χ2n) is 1.97. The second kappa shape index (κ2) is 3.57. The van der Waals surface area contributed by atoms with E-state index in [2.05, 4.69) is 31.9 Å². The van der Waals surface area contributed by atoms with Crippen molar-refractivity contribution in [1.82, 2.24) is 9.36 Å². The third-order valence-corrected chi connectivity index (χ3v) is 4.11. The summed E-state index contributed by atoms with van der Waals surface area (Å²) in [5.41, 5.74) is 0. The smallest absolute Gasteiger partial charge is 0.203 e. The number of thiophene rings is 1. The van der Waals surface area contributed by atoms with Crippen molar-refractivity contribution < 1.29 is 0 Å². The molecule has 2 heterocycles. The summed E-state index contributed by atoms with van der Waals surface area (Å²) < 4.78 is 5.66. The van der Waals surface area contributed by atoms with Crippen LogP contribution in [0.15, 0.2) is 12.1 Å². The third kappa shape index (κ3) is 1.78. The molecule has 0 radical (unpaired) electrons. The third-order valence-electron chi connectivity index (χ3n) is 1.19. The van der Waals surface area contributed by atoms with Crippen LogP contribution in [0.5, 0.6) is 0 Å². The maximum Gasteiger partial charge on any atom is 0.203 e. The molecule has 0 spiro atoms. The number of hydrogen-bond acceptors (Lipinski definition) is 4. The minimum Gasteiger partial charge on any atom is -0.209 e. The van der Waals surface area contributed by atoms with Crippen LogP contribution in [0.3, 0.4) is 0 Å². The van der Waals surface area contributed by atoms with Crippen molar-refractivity contribution in [2.24, 2.45) is 0 Å². The molecular formula is C6H2ClIN2S2. The van der Waals surface area contributed by atoms with Gasteiger partial charge in [0.05, 0.1) is 9.21 Å². The van der Waals surface area contributed by atoms with Gasteiger partial charge in [0, 0.05) is 22.6 Å². The Bertz CT molecular complexity index is 359. The normalized spacial score (nSPS) is 10.5. The zero-order valence-electron chi connectivity index (χ0n) is 5.62. The number of nitrogens with zero attached hydrogens (tertiary/aromatic N) is 2. The number of halogens is 2. The maximum absolute atomic E-state index is 5.79. The summed E-state index contributed by atoms with van der Waals surface area (Å²) >= 11 is 10.8. The minimum atomic E-state index is 0.787. The van der Waals surface area contributed by atoms with Gasteiger partial charge in [0.2, 0.25) is 3.83 Å². The summed E-state index contributed by atoms with van der Waals surface area (Å²) in [6.07, 6.45) is 0. The van der Waals surface area contributed by atoms with E-state index < -0.39 is 0 Å². The van der Waals surface area contributed by atoms with Crippen LogP contribution in [0.4, 0.5) is 0 Å². The Hall–Kier alpha value is 0.280. The molecule has 0 saturated carbocycles. The molecule has 0 aliphatic heterocycles. The Kier molecular flexibility index (Phi) is 2.63. The van der Waals surface area contributed by atoms with Crippen molar-refractivity contribution in [2.45, 2.75) is 0 Å². The fraction of sp³-hybridized carbons (Fsp3) is 0. The zero-order chi connectivity index (χ0) is 8.55. The topological polar surface area (TPSA) is 25.8 Å². The molecule has 0 atom stereocenters. The molecule has 0 N–H and O–H groups in total. The Balaban J connectivity index is 2.43. The van der Waals surface area contributed by atoms with E-state index in [1.54, 1.807) is 0 Å². The van der Waals surface area contributed by atoms with Gasteiger partial charge >= 0.3 is 0 Å². The van der Waals surface area contributed by atoms with Gasteiger partial charge in [0.25, 0.3) is 0 Å². The molecular weight excluding hydrogens is 327 g/mol. The molecule has 12 heavy (non-hydrogen) atoms. The molecule has 0 fully saturated rings. The molecule has 62 valence electrons. The highest BCUT2D eigenvalue weighted by atomic mass is 127. The van der Waals surface area contributed by atoms with Gasteiger partial charge in [-0.3, -0.25) is 0 Å². The van der Waals surface area contributed by atoms with Crippen LogP contribution < -0.4 is 0 Å². The van der Waals surface area contributed by atoms with Gasteiger partial charge < -0.3 is 0 Å². The van der Waals surface area contributed by atoms with E-state index in [0.717, 1.165) is 18.1 Å². The first-order chi connectivity index (χ1) is 5.75. The fourth-order valence-corrected chi connectivity index (χ4v) is 3.09. The van der Waals surface area contributed by atoms with E-state index in [-0.39, 0.29) is 0 Å². The van der Waals surface area contributed by atoms with Gasteiger partial charge in [-0.1, -0.05) is 11.6 Å². The molecule has 6 heteroatoms. The standard InChI is InChI=1S/C6H2ClIN2S2/c7-4-2-1-3(11-4)5-9-6(8)10-12-5/h1-2H. The second-order valence-corrected chi connectivity index (χ2v) is 5.40. The Morgan fingerprint density at radius 2 is 2.25 bits per heavy atom. The van der Waals surface area contributed by atoms with Gasteiger partial charge in [-0.25, -0.2) is 4.98 Å². The van der Waals surface area contributed by atoms with E-state index >= 15 is 0 Å². The van der Waals surface area contributed by atoms with Gasteiger partial charge in [-0.05, 0) is 23.7 Å². The average molecular weight is 329 g/mol. The lowest BCUT2D eigenvalue weighted by Crippen LogP contribution is -1.70. The lowest BCUT2D eigenvalue weighted by Gasteiger charge is -1.82. The van der Waals surface area contributed by atoms with E-state index in [0.29, 0.717) is 0 Å². The maximum atomic E-state index is 5.79. The summed E-state index contributed by atoms with van der Waals surface area (Å²) in [7, 11) is 0. The summed E-state index contributed by atoms with van der Waals surface area (Å²) in [6, 6.07) is 3.83.